The van der Waals surface area contributed by atoms with Gasteiger partial charge in [-0.2, -0.15) is 0 Å². The Labute approximate surface area is 151 Å². The molecule has 0 aromatic heterocycles. The first kappa shape index (κ1) is 16.7. The number of amides is 2. The summed E-state index contributed by atoms with van der Waals surface area (Å²) < 4.78 is 0. The van der Waals surface area contributed by atoms with Crippen LogP contribution in [0.2, 0.25) is 0 Å². The van der Waals surface area contributed by atoms with E-state index in [4.69, 9.17) is 5.21 Å². The summed E-state index contributed by atoms with van der Waals surface area (Å²) in [5.41, 5.74) is 4.17. The molecule has 0 spiro atoms. The minimum atomic E-state index is -0.445. The van der Waals surface area contributed by atoms with Gasteiger partial charge in [0.1, 0.15) is 5.82 Å². The number of nitrogens with one attached hydrogen (secondary N) is 2. The van der Waals surface area contributed by atoms with Crippen molar-refractivity contribution in [3.8, 4) is 0 Å². The first-order chi connectivity index (χ1) is 12.7. The summed E-state index contributed by atoms with van der Waals surface area (Å²) >= 11 is 0. The van der Waals surface area contributed by atoms with Crippen molar-refractivity contribution in [1.29, 1.82) is 0 Å². The van der Waals surface area contributed by atoms with Crippen LogP contribution in [0, 0.1) is 0 Å². The zero-order valence-corrected chi connectivity index (χ0v) is 14.4. The molecule has 26 heavy (non-hydrogen) atoms. The zero-order chi connectivity index (χ0) is 18.1. The fourth-order valence-electron chi connectivity index (χ4n) is 3.55. The van der Waals surface area contributed by atoms with Crippen LogP contribution in [0.25, 0.3) is 0 Å². The topological polar surface area (TPSA) is 84.9 Å². The Bertz CT molecular complexity index is 798. The van der Waals surface area contributed by atoms with Gasteiger partial charge >= 0.3 is 0 Å². The standard InChI is InChI=1S/C19H22N4O3/c24-17(21-26)8-4-12-22-15-6-1-2-7-16(15)23(13-9-10-13)18-14(19(22)25)5-3-11-20-18/h1-3,5-7,13,20,26H,4,8-12H2,(H,21,24). The highest BCUT2D eigenvalue weighted by Crippen LogP contribution is 2.43. The number of anilines is 2. The number of fused-ring (bicyclic) bond motifs is 1. The van der Waals surface area contributed by atoms with Crippen LogP contribution in [0.3, 0.4) is 0 Å². The number of para-hydroxylation sites is 2. The summed E-state index contributed by atoms with van der Waals surface area (Å²) in [6.07, 6.45) is 6.70. The number of hydrogen-bond acceptors (Lipinski definition) is 5. The molecule has 1 saturated carbocycles. The number of carbonyl (C=O) groups is 2. The van der Waals surface area contributed by atoms with Gasteiger partial charge in [0.15, 0.2) is 0 Å². The van der Waals surface area contributed by atoms with E-state index in [0.29, 0.717) is 31.1 Å². The van der Waals surface area contributed by atoms with E-state index < -0.39 is 5.91 Å². The summed E-state index contributed by atoms with van der Waals surface area (Å²) in [6.45, 7) is 1.11. The van der Waals surface area contributed by atoms with E-state index in [9.17, 15) is 9.59 Å². The molecule has 0 saturated heterocycles. The maximum atomic E-state index is 13.3. The number of rotatable bonds is 5. The number of hydroxylamine groups is 1. The van der Waals surface area contributed by atoms with E-state index in [2.05, 4.69) is 10.2 Å². The predicted molar refractivity (Wildman–Crippen MR) is 97.6 cm³/mol. The van der Waals surface area contributed by atoms with Gasteiger partial charge < -0.3 is 15.1 Å². The summed E-state index contributed by atoms with van der Waals surface area (Å²) in [4.78, 5) is 28.6. The van der Waals surface area contributed by atoms with Crippen molar-refractivity contribution in [3.63, 3.8) is 0 Å². The van der Waals surface area contributed by atoms with Gasteiger partial charge in [0.2, 0.25) is 5.91 Å². The number of carbonyl (C=O) groups excluding carboxylic acids is 2. The molecule has 0 unspecified atom stereocenters. The average molecular weight is 354 g/mol. The molecule has 7 heteroatoms. The van der Waals surface area contributed by atoms with Crippen LogP contribution in [-0.2, 0) is 9.59 Å². The molecule has 2 amide bonds. The lowest BCUT2D eigenvalue weighted by molar-refractivity contribution is -0.129. The Hall–Kier alpha value is -2.80. The third-order valence-electron chi connectivity index (χ3n) is 4.90. The Morgan fingerprint density at radius 3 is 2.77 bits per heavy atom. The molecular formula is C19H22N4O3. The van der Waals surface area contributed by atoms with Crippen LogP contribution in [-0.4, -0.2) is 36.2 Å². The van der Waals surface area contributed by atoms with Crippen LogP contribution in [0.15, 0.2) is 47.8 Å². The van der Waals surface area contributed by atoms with Crippen LogP contribution in [0.1, 0.15) is 25.7 Å². The van der Waals surface area contributed by atoms with E-state index in [1.807, 2.05) is 36.4 Å². The number of dihydropyridines is 1. The fourth-order valence-corrected chi connectivity index (χ4v) is 3.55. The SMILES string of the molecule is O=C(CCCN1C(=O)C2=C(NCC=C2)N(C2CC2)c2ccccc21)NO. The molecule has 136 valence electrons. The van der Waals surface area contributed by atoms with Crippen LogP contribution >= 0.6 is 0 Å². The molecule has 2 heterocycles. The zero-order valence-electron chi connectivity index (χ0n) is 14.4. The van der Waals surface area contributed by atoms with Crippen molar-refractivity contribution < 1.29 is 14.8 Å². The fraction of sp³-hybridized carbons (Fsp3) is 0.368. The number of nitrogens with zero attached hydrogens (tertiary/aromatic N) is 2. The molecule has 0 radical (unpaired) electrons. The second-order valence-corrected chi connectivity index (χ2v) is 6.73. The van der Waals surface area contributed by atoms with Gasteiger partial charge in [-0.15, -0.1) is 0 Å². The van der Waals surface area contributed by atoms with Crippen LogP contribution in [0.5, 0.6) is 0 Å². The lowest BCUT2D eigenvalue weighted by atomic mass is 10.1. The van der Waals surface area contributed by atoms with Gasteiger partial charge in [-0.25, -0.2) is 5.48 Å². The number of hydrogen-bond donors (Lipinski definition) is 3. The first-order valence-electron chi connectivity index (χ1n) is 8.98. The van der Waals surface area contributed by atoms with Gasteiger partial charge in [0, 0.05) is 25.6 Å². The minimum absolute atomic E-state index is 0.0662. The van der Waals surface area contributed by atoms with Crippen molar-refractivity contribution in [2.24, 2.45) is 0 Å². The molecular weight excluding hydrogens is 332 g/mol. The molecule has 1 aliphatic carbocycles. The van der Waals surface area contributed by atoms with Crippen molar-refractivity contribution >= 4 is 23.2 Å². The monoisotopic (exact) mass is 354 g/mol. The minimum Gasteiger partial charge on any atom is -0.367 e. The van der Waals surface area contributed by atoms with Crippen molar-refractivity contribution in [2.75, 3.05) is 22.9 Å². The maximum Gasteiger partial charge on any atom is 0.262 e. The Balaban J connectivity index is 1.73. The lowest BCUT2D eigenvalue weighted by Crippen LogP contribution is -2.37. The van der Waals surface area contributed by atoms with Gasteiger partial charge in [-0.1, -0.05) is 18.2 Å². The van der Waals surface area contributed by atoms with Gasteiger partial charge in [-0.05, 0) is 37.5 Å². The molecule has 0 bridgehead atoms. The highest BCUT2D eigenvalue weighted by molar-refractivity contribution is 6.11. The van der Waals surface area contributed by atoms with Gasteiger partial charge in [-0.3, -0.25) is 14.8 Å². The highest BCUT2D eigenvalue weighted by Gasteiger charge is 2.39. The predicted octanol–water partition coefficient (Wildman–Crippen LogP) is 1.66. The summed E-state index contributed by atoms with van der Waals surface area (Å²) in [7, 11) is 0. The smallest absolute Gasteiger partial charge is 0.262 e. The quantitative estimate of drug-likeness (QED) is 0.553. The van der Waals surface area contributed by atoms with Crippen LogP contribution < -0.4 is 20.6 Å². The van der Waals surface area contributed by atoms with E-state index >= 15 is 0 Å². The van der Waals surface area contributed by atoms with Gasteiger partial charge in [0.05, 0.1) is 16.9 Å². The third kappa shape index (κ3) is 2.94. The molecule has 4 rings (SSSR count). The van der Waals surface area contributed by atoms with E-state index in [1.54, 1.807) is 10.4 Å². The second kappa shape index (κ2) is 6.84. The molecule has 1 aromatic carbocycles. The normalized spacial score (nSPS) is 18.9. The summed E-state index contributed by atoms with van der Waals surface area (Å²) in [6, 6.07) is 8.33. The van der Waals surface area contributed by atoms with Gasteiger partial charge in [0.25, 0.3) is 5.91 Å². The van der Waals surface area contributed by atoms with Crippen molar-refractivity contribution in [2.45, 2.75) is 31.7 Å². The van der Waals surface area contributed by atoms with E-state index in [0.717, 1.165) is 30.0 Å². The largest absolute Gasteiger partial charge is 0.367 e. The molecule has 2 aliphatic heterocycles. The summed E-state index contributed by atoms with van der Waals surface area (Å²) in [5, 5.41) is 12.1. The maximum absolute atomic E-state index is 13.3. The molecule has 3 aliphatic rings. The van der Waals surface area contributed by atoms with Crippen LogP contribution in [0.4, 0.5) is 11.4 Å². The second-order valence-electron chi connectivity index (χ2n) is 6.73. The summed E-state index contributed by atoms with van der Waals surface area (Å²) in [5.74, 6) is 0.366. The molecule has 0 atom stereocenters. The average Bonchev–Trinajstić information content (AvgIpc) is 3.51. The Morgan fingerprint density at radius 1 is 1.27 bits per heavy atom. The van der Waals surface area contributed by atoms with E-state index in [1.165, 1.54) is 0 Å². The van der Waals surface area contributed by atoms with Crippen molar-refractivity contribution in [1.82, 2.24) is 10.8 Å². The molecule has 1 aromatic rings. The lowest BCUT2D eigenvalue weighted by Gasteiger charge is -2.30. The first-order valence-corrected chi connectivity index (χ1v) is 8.98. The third-order valence-corrected chi connectivity index (χ3v) is 4.90. The Kier molecular flexibility index (Phi) is 4.38. The Morgan fingerprint density at radius 2 is 2.04 bits per heavy atom. The van der Waals surface area contributed by atoms with Crippen molar-refractivity contribution in [3.05, 3.63) is 47.8 Å². The van der Waals surface area contributed by atoms with E-state index in [-0.39, 0.29) is 12.3 Å². The molecule has 7 nitrogen and oxygen atoms in total. The molecule has 1 fully saturated rings. The highest BCUT2D eigenvalue weighted by atomic mass is 16.5. The number of benzene rings is 1. The molecule has 3 N–H and O–H groups in total.